The van der Waals surface area contributed by atoms with Gasteiger partial charge in [-0.25, -0.2) is 0 Å². The maximum Gasteiger partial charge on any atom is 0.390 e. The second-order valence-corrected chi connectivity index (χ2v) is 5.25. The molecule has 0 aromatic carbocycles. The van der Waals surface area contributed by atoms with E-state index in [1.807, 2.05) is 0 Å². The zero-order valence-electron chi connectivity index (χ0n) is 11.4. The Bertz CT molecular complexity index is 556. The van der Waals surface area contributed by atoms with Gasteiger partial charge in [0.2, 0.25) is 0 Å². The van der Waals surface area contributed by atoms with Crippen molar-refractivity contribution in [3.63, 3.8) is 0 Å². The lowest BCUT2D eigenvalue weighted by atomic mass is 10.2. The van der Waals surface area contributed by atoms with Crippen molar-refractivity contribution in [2.24, 2.45) is 5.73 Å². The number of carbonyl (C=O) groups is 2. The number of thiophene rings is 1. The van der Waals surface area contributed by atoms with Crippen LogP contribution in [0.25, 0.3) is 0 Å². The third-order valence-corrected chi connectivity index (χ3v) is 4.00. The van der Waals surface area contributed by atoms with Crippen LogP contribution in [0.4, 0.5) is 23.9 Å². The summed E-state index contributed by atoms with van der Waals surface area (Å²) in [5, 5.41) is 2.48. The molecule has 0 fully saturated rings. The summed E-state index contributed by atoms with van der Waals surface area (Å²) in [6, 6.07) is 0. The van der Waals surface area contributed by atoms with Crippen molar-refractivity contribution < 1.29 is 22.8 Å². The number of primary amides is 1. The van der Waals surface area contributed by atoms with Crippen molar-refractivity contribution in [1.82, 2.24) is 5.32 Å². The summed E-state index contributed by atoms with van der Waals surface area (Å²) in [5.74, 6) is -1.43. The number of amides is 2. The first-order valence-electron chi connectivity index (χ1n) is 5.80. The van der Waals surface area contributed by atoms with E-state index in [2.05, 4.69) is 5.32 Å². The molecule has 0 unspecified atom stereocenters. The maximum atomic E-state index is 12.3. The number of nitrogens with two attached hydrogens (primary N) is 2. The van der Waals surface area contributed by atoms with Gasteiger partial charge in [-0.1, -0.05) is 0 Å². The van der Waals surface area contributed by atoms with Crippen LogP contribution in [0.5, 0.6) is 0 Å². The smallest absolute Gasteiger partial charge is 0.390 e. The Labute approximate surface area is 122 Å². The summed E-state index contributed by atoms with van der Waals surface area (Å²) < 4.78 is 36.8. The van der Waals surface area contributed by atoms with E-state index in [0.717, 1.165) is 11.3 Å². The van der Waals surface area contributed by atoms with E-state index in [4.69, 9.17) is 11.5 Å². The van der Waals surface area contributed by atoms with Crippen LogP contribution >= 0.6 is 11.3 Å². The molecule has 0 saturated carbocycles. The van der Waals surface area contributed by atoms with Crippen molar-refractivity contribution in [2.75, 3.05) is 31.3 Å². The maximum absolute atomic E-state index is 12.3. The summed E-state index contributed by atoms with van der Waals surface area (Å²) in [4.78, 5) is 24.3. The minimum absolute atomic E-state index is 0.0418. The molecule has 0 aliphatic heterocycles. The van der Waals surface area contributed by atoms with Gasteiger partial charge in [0, 0.05) is 20.6 Å². The Kier molecular flexibility index (Phi) is 5.05. The lowest BCUT2D eigenvalue weighted by Crippen LogP contribution is -2.25. The largest absolute Gasteiger partial charge is 0.397 e. The normalized spacial score (nSPS) is 11.3. The number of halogens is 3. The molecule has 0 aliphatic carbocycles. The summed E-state index contributed by atoms with van der Waals surface area (Å²) in [5.41, 5.74) is 10.6. The third-order valence-electron chi connectivity index (χ3n) is 2.68. The molecule has 21 heavy (non-hydrogen) atoms. The number of nitrogen functional groups attached to an aromatic ring is 1. The van der Waals surface area contributed by atoms with Crippen LogP contribution in [0.3, 0.4) is 0 Å². The number of alkyl halides is 3. The molecular formula is C11H15F3N4O2S. The molecule has 118 valence electrons. The van der Waals surface area contributed by atoms with Crippen molar-refractivity contribution in [3.8, 4) is 0 Å². The van der Waals surface area contributed by atoms with Gasteiger partial charge in [0.15, 0.2) is 0 Å². The zero-order chi connectivity index (χ0) is 16.4. The minimum Gasteiger partial charge on any atom is -0.397 e. The van der Waals surface area contributed by atoms with Gasteiger partial charge in [0.25, 0.3) is 11.8 Å². The molecule has 1 aromatic heterocycles. The standard InChI is InChI=1S/C11H15F3N4O2S/c1-17-9(20)7-6(15)5(8(16)19)10(21-7)18(2)4-3-11(12,13)14/h3-4,15H2,1-2H3,(H2,16,19)(H,17,20). The van der Waals surface area contributed by atoms with Gasteiger partial charge in [0.05, 0.1) is 17.7 Å². The molecule has 1 rings (SSSR count). The van der Waals surface area contributed by atoms with E-state index in [1.165, 1.54) is 19.0 Å². The van der Waals surface area contributed by atoms with E-state index in [0.29, 0.717) is 0 Å². The Morgan fingerprint density at radius 3 is 2.38 bits per heavy atom. The summed E-state index contributed by atoms with van der Waals surface area (Å²) in [6.45, 7) is -0.378. The molecule has 6 nitrogen and oxygen atoms in total. The molecular weight excluding hydrogens is 309 g/mol. The topological polar surface area (TPSA) is 101 Å². The predicted octanol–water partition coefficient (Wildman–Crippen LogP) is 1.18. The molecule has 10 heteroatoms. The van der Waals surface area contributed by atoms with E-state index in [9.17, 15) is 22.8 Å². The quantitative estimate of drug-likeness (QED) is 0.757. The molecule has 2 amide bonds. The first-order valence-corrected chi connectivity index (χ1v) is 6.62. The Morgan fingerprint density at radius 2 is 1.95 bits per heavy atom. The van der Waals surface area contributed by atoms with Crippen molar-refractivity contribution in [3.05, 3.63) is 10.4 Å². The molecule has 0 radical (unpaired) electrons. The van der Waals surface area contributed by atoms with Crippen molar-refractivity contribution >= 4 is 33.8 Å². The molecule has 0 atom stereocenters. The highest BCUT2D eigenvalue weighted by atomic mass is 32.1. The minimum atomic E-state index is -4.33. The van der Waals surface area contributed by atoms with Gasteiger partial charge >= 0.3 is 6.18 Å². The average Bonchev–Trinajstić information content (AvgIpc) is 2.72. The van der Waals surface area contributed by atoms with Gasteiger partial charge in [0.1, 0.15) is 9.88 Å². The second-order valence-electron chi connectivity index (χ2n) is 4.26. The number of carbonyl (C=O) groups excluding carboxylic acids is 2. The summed E-state index contributed by atoms with van der Waals surface area (Å²) in [7, 11) is 2.75. The highest BCUT2D eigenvalue weighted by Gasteiger charge is 2.30. The van der Waals surface area contributed by atoms with Crippen LogP contribution in [0.2, 0.25) is 0 Å². The Morgan fingerprint density at radius 1 is 1.38 bits per heavy atom. The van der Waals surface area contributed by atoms with E-state index in [-0.39, 0.29) is 27.7 Å². The number of nitrogens with zero attached hydrogens (tertiary/aromatic N) is 1. The van der Waals surface area contributed by atoms with Crippen molar-refractivity contribution in [2.45, 2.75) is 12.6 Å². The number of hydrogen-bond acceptors (Lipinski definition) is 5. The molecule has 0 saturated heterocycles. The van der Waals surface area contributed by atoms with Gasteiger partial charge in [-0.05, 0) is 0 Å². The Hall–Kier alpha value is -1.97. The highest BCUT2D eigenvalue weighted by molar-refractivity contribution is 7.19. The van der Waals surface area contributed by atoms with Crippen LogP contribution < -0.4 is 21.7 Å². The highest BCUT2D eigenvalue weighted by Crippen LogP contribution is 2.38. The van der Waals surface area contributed by atoms with Crippen LogP contribution in [-0.2, 0) is 0 Å². The average molecular weight is 324 g/mol. The van der Waals surface area contributed by atoms with Gasteiger partial charge in [-0.2, -0.15) is 13.2 Å². The van der Waals surface area contributed by atoms with Gasteiger partial charge in [-0.15, -0.1) is 11.3 Å². The summed E-state index contributed by atoms with van der Waals surface area (Å²) >= 11 is 0.827. The SMILES string of the molecule is CNC(=O)c1sc(N(C)CCC(F)(F)F)c(C(N)=O)c1N. The number of hydrogen-bond donors (Lipinski definition) is 3. The molecule has 5 N–H and O–H groups in total. The lowest BCUT2D eigenvalue weighted by molar-refractivity contribution is -0.132. The predicted molar refractivity (Wildman–Crippen MR) is 74.6 cm³/mol. The van der Waals surface area contributed by atoms with Gasteiger partial charge < -0.3 is 21.7 Å². The van der Waals surface area contributed by atoms with Crippen LogP contribution in [-0.4, -0.2) is 38.6 Å². The first-order chi connectivity index (χ1) is 9.58. The fourth-order valence-electron chi connectivity index (χ4n) is 1.62. The number of rotatable bonds is 5. The monoisotopic (exact) mass is 324 g/mol. The number of nitrogens with one attached hydrogen (secondary N) is 1. The first kappa shape index (κ1) is 17.1. The molecule has 0 aliphatic rings. The summed E-state index contributed by atoms with van der Waals surface area (Å²) in [6.07, 6.45) is -5.39. The van der Waals surface area contributed by atoms with Crippen LogP contribution in [0, 0.1) is 0 Å². The second kappa shape index (κ2) is 6.20. The number of anilines is 2. The third kappa shape index (κ3) is 4.00. The fourth-order valence-corrected chi connectivity index (χ4v) is 2.78. The molecule has 0 spiro atoms. The van der Waals surface area contributed by atoms with Gasteiger partial charge in [-0.3, -0.25) is 9.59 Å². The van der Waals surface area contributed by atoms with E-state index >= 15 is 0 Å². The zero-order valence-corrected chi connectivity index (χ0v) is 12.2. The Balaban J connectivity index is 3.16. The molecule has 1 aromatic rings. The fraction of sp³-hybridized carbons (Fsp3) is 0.455. The molecule has 1 heterocycles. The van der Waals surface area contributed by atoms with Crippen LogP contribution in [0.15, 0.2) is 0 Å². The van der Waals surface area contributed by atoms with Crippen LogP contribution in [0.1, 0.15) is 26.5 Å². The molecule has 0 bridgehead atoms. The van der Waals surface area contributed by atoms with Crippen molar-refractivity contribution in [1.29, 1.82) is 0 Å². The van der Waals surface area contributed by atoms with E-state index < -0.39 is 24.4 Å². The lowest BCUT2D eigenvalue weighted by Gasteiger charge is -2.19. The van der Waals surface area contributed by atoms with E-state index in [1.54, 1.807) is 0 Å².